The van der Waals surface area contributed by atoms with Crippen LogP contribution < -0.4 is 5.32 Å². The topological polar surface area (TPSA) is 222 Å². The molecule has 194 valence electrons. The van der Waals surface area contributed by atoms with Crippen molar-refractivity contribution in [1.29, 1.82) is 0 Å². The molecular weight excluding hydrogens is 476 g/mol. The van der Waals surface area contributed by atoms with Crippen LogP contribution >= 0.6 is 0 Å². The van der Waals surface area contributed by atoms with Crippen molar-refractivity contribution >= 4 is 30.0 Å². The fraction of sp³-hybridized carbons (Fsp3) is 0.632. The zero-order valence-corrected chi connectivity index (χ0v) is 19.1. The molecule has 1 fully saturated rings. The first kappa shape index (κ1) is 29.2. The maximum absolute atomic E-state index is 11.7. The van der Waals surface area contributed by atoms with Gasteiger partial charge in [0.25, 0.3) is 0 Å². The predicted molar refractivity (Wildman–Crippen MR) is 111 cm³/mol. The first-order chi connectivity index (χ1) is 16.5. The van der Waals surface area contributed by atoms with Gasteiger partial charge in [0.05, 0.1) is 6.61 Å². The minimum atomic E-state index is -1.63. The van der Waals surface area contributed by atoms with Gasteiger partial charge in [-0.1, -0.05) is 17.8 Å². The van der Waals surface area contributed by atoms with Crippen LogP contribution in [0.1, 0.15) is 20.8 Å². The lowest BCUT2D eigenvalue weighted by Crippen LogP contribution is -2.61. The third-order valence-electron chi connectivity index (χ3n) is 4.20. The number of rotatable bonds is 12. The maximum atomic E-state index is 11.7. The number of nitrogens with zero attached hydrogens (tertiary/aromatic N) is 3. The SMILES string of the molecule is C=CCOC(=O)N[C@@H](CO[C@H]1O[C@H](COC(C)=O)[C@H](OC(C)=O)[C@H](OC(C)=O)[C@H]1N=[N+]=[N-])C(=O)O. The minimum Gasteiger partial charge on any atom is -0.480 e. The van der Waals surface area contributed by atoms with Gasteiger partial charge in [0.15, 0.2) is 24.5 Å². The molecule has 16 nitrogen and oxygen atoms in total. The quantitative estimate of drug-likeness (QED) is 0.0912. The Balaban J connectivity index is 3.22. The van der Waals surface area contributed by atoms with Gasteiger partial charge in [-0.15, -0.1) is 0 Å². The van der Waals surface area contributed by atoms with E-state index < -0.39 is 79.9 Å². The molecule has 35 heavy (non-hydrogen) atoms. The van der Waals surface area contributed by atoms with Crippen molar-refractivity contribution in [3.63, 3.8) is 0 Å². The second kappa shape index (κ2) is 14.4. The zero-order chi connectivity index (χ0) is 26.5. The normalized spacial score (nSPS) is 24.0. The van der Waals surface area contributed by atoms with Gasteiger partial charge in [0, 0.05) is 25.7 Å². The highest BCUT2D eigenvalue weighted by molar-refractivity contribution is 5.80. The molecule has 1 saturated heterocycles. The van der Waals surface area contributed by atoms with Crippen molar-refractivity contribution in [3.05, 3.63) is 23.1 Å². The van der Waals surface area contributed by atoms with Crippen molar-refractivity contribution in [3.8, 4) is 0 Å². The summed E-state index contributed by atoms with van der Waals surface area (Å²) in [7, 11) is 0. The van der Waals surface area contributed by atoms with Gasteiger partial charge in [-0.2, -0.15) is 0 Å². The predicted octanol–water partition coefficient (Wildman–Crippen LogP) is 0.199. The van der Waals surface area contributed by atoms with E-state index >= 15 is 0 Å². The van der Waals surface area contributed by atoms with E-state index in [9.17, 15) is 29.1 Å². The Morgan fingerprint density at radius 1 is 1.11 bits per heavy atom. The van der Waals surface area contributed by atoms with E-state index in [2.05, 4.69) is 26.7 Å². The molecule has 0 saturated carbocycles. The lowest BCUT2D eigenvalue weighted by Gasteiger charge is -2.43. The van der Waals surface area contributed by atoms with Crippen molar-refractivity contribution in [2.24, 2.45) is 5.11 Å². The minimum absolute atomic E-state index is 0.177. The summed E-state index contributed by atoms with van der Waals surface area (Å²) in [6.45, 7) is 5.19. The Morgan fingerprint density at radius 3 is 2.26 bits per heavy atom. The van der Waals surface area contributed by atoms with Crippen molar-refractivity contribution in [2.75, 3.05) is 19.8 Å². The summed E-state index contributed by atoms with van der Waals surface area (Å²) in [5, 5.41) is 14.9. The number of azide groups is 1. The van der Waals surface area contributed by atoms with Crippen molar-refractivity contribution < 1.29 is 57.5 Å². The number of amides is 1. The molecular formula is C19H26N4O12. The summed E-state index contributed by atoms with van der Waals surface area (Å²) >= 11 is 0. The monoisotopic (exact) mass is 502 g/mol. The van der Waals surface area contributed by atoms with E-state index in [0.717, 1.165) is 20.8 Å². The Kier molecular flexibility index (Phi) is 12.0. The standard InChI is InChI=1S/C19H26N4O12/c1-5-6-30-19(29)21-12(17(27)28)7-32-18-14(22-23-20)16(34-11(4)26)15(33-10(3)25)13(35-18)8-31-9(2)24/h5,12-16,18H,1,6-8H2,2-4H3,(H,21,29)(H,27,28)/t12-,13+,14+,15-,16+,18-/m0/s1. The molecule has 0 aromatic rings. The van der Waals surface area contributed by atoms with Gasteiger partial charge < -0.3 is 38.8 Å². The third kappa shape index (κ3) is 9.87. The summed E-state index contributed by atoms with van der Waals surface area (Å²) in [6, 6.07) is -3.10. The molecule has 6 atom stereocenters. The van der Waals surface area contributed by atoms with Crippen molar-refractivity contribution in [2.45, 2.75) is 57.5 Å². The number of ether oxygens (including phenoxy) is 6. The molecule has 0 radical (unpaired) electrons. The van der Waals surface area contributed by atoms with E-state index in [1.165, 1.54) is 6.08 Å². The number of aliphatic carboxylic acids is 1. The van der Waals surface area contributed by atoms with Crippen LogP contribution in [0.5, 0.6) is 0 Å². The number of esters is 3. The van der Waals surface area contributed by atoms with Crippen LogP contribution in [-0.2, 0) is 47.6 Å². The number of hydrogen-bond acceptors (Lipinski definition) is 12. The lowest BCUT2D eigenvalue weighted by molar-refractivity contribution is -0.274. The van der Waals surface area contributed by atoms with Gasteiger partial charge in [-0.25, -0.2) is 9.59 Å². The second-order valence-corrected chi connectivity index (χ2v) is 6.94. The number of carbonyl (C=O) groups excluding carboxylic acids is 4. The van der Waals surface area contributed by atoms with Crippen LogP contribution in [0.15, 0.2) is 17.8 Å². The fourth-order valence-electron chi connectivity index (χ4n) is 2.89. The Hall–Kier alpha value is -3.88. The van der Waals surface area contributed by atoms with Crippen molar-refractivity contribution in [1.82, 2.24) is 5.32 Å². The zero-order valence-electron chi connectivity index (χ0n) is 19.1. The number of hydrogen-bond donors (Lipinski definition) is 2. The Labute approximate surface area is 199 Å². The van der Waals surface area contributed by atoms with Crippen LogP contribution in [0.4, 0.5) is 4.79 Å². The average Bonchev–Trinajstić information content (AvgIpc) is 2.76. The first-order valence-corrected chi connectivity index (χ1v) is 10.1. The molecule has 1 rings (SSSR count). The first-order valence-electron chi connectivity index (χ1n) is 10.1. The highest BCUT2D eigenvalue weighted by Crippen LogP contribution is 2.30. The number of nitrogens with one attached hydrogen (secondary N) is 1. The van der Waals surface area contributed by atoms with Gasteiger partial charge >= 0.3 is 30.0 Å². The van der Waals surface area contributed by atoms with Crippen LogP contribution in [0.3, 0.4) is 0 Å². The van der Waals surface area contributed by atoms with Crippen LogP contribution in [0, 0.1) is 0 Å². The van der Waals surface area contributed by atoms with E-state index in [4.69, 9.17) is 29.2 Å². The molecule has 0 aromatic heterocycles. The molecule has 1 aliphatic rings. The summed E-state index contributed by atoms with van der Waals surface area (Å²) < 4.78 is 31.1. The molecule has 0 aromatic carbocycles. The molecule has 1 aliphatic heterocycles. The van der Waals surface area contributed by atoms with Crippen LogP contribution in [0.2, 0.25) is 0 Å². The summed E-state index contributed by atoms with van der Waals surface area (Å²) in [6.07, 6.45) is -5.48. The average molecular weight is 502 g/mol. The number of carbonyl (C=O) groups is 5. The molecule has 0 unspecified atom stereocenters. The summed E-state index contributed by atoms with van der Waals surface area (Å²) in [4.78, 5) is 60.6. The highest BCUT2D eigenvalue weighted by atomic mass is 16.7. The maximum Gasteiger partial charge on any atom is 0.408 e. The van der Waals surface area contributed by atoms with Gasteiger partial charge in [0.1, 0.15) is 25.4 Å². The molecule has 0 bridgehead atoms. The van der Waals surface area contributed by atoms with E-state index in [1.807, 2.05) is 0 Å². The smallest absolute Gasteiger partial charge is 0.408 e. The molecule has 0 spiro atoms. The summed E-state index contributed by atoms with van der Waals surface area (Å²) in [5.41, 5.74) is 9.02. The third-order valence-corrected chi connectivity index (χ3v) is 4.20. The molecule has 0 aliphatic carbocycles. The lowest BCUT2D eigenvalue weighted by atomic mass is 9.96. The van der Waals surface area contributed by atoms with E-state index in [-0.39, 0.29) is 6.61 Å². The number of carboxylic acid groups (broad SMARTS) is 1. The number of carboxylic acids is 1. The largest absolute Gasteiger partial charge is 0.480 e. The molecule has 2 N–H and O–H groups in total. The summed E-state index contributed by atoms with van der Waals surface area (Å²) in [5.74, 6) is -3.85. The fourth-order valence-corrected chi connectivity index (χ4v) is 2.89. The van der Waals surface area contributed by atoms with E-state index in [1.54, 1.807) is 0 Å². The Morgan fingerprint density at radius 2 is 1.74 bits per heavy atom. The number of alkyl carbamates (subject to hydrolysis) is 1. The highest BCUT2D eigenvalue weighted by Gasteiger charge is 2.51. The Bertz CT molecular complexity index is 859. The molecule has 16 heteroatoms. The van der Waals surface area contributed by atoms with Crippen LogP contribution in [-0.4, -0.2) is 91.6 Å². The molecule has 1 heterocycles. The van der Waals surface area contributed by atoms with Crippen LogP contribution in [0.25, 0.3) is 10.4 Å². The van der Waals surface area contributed by atoms with E-state index in [0.29, 0.717) is 0 Å². The van der Waals surface area contributed by atoms with Gasteiger partial charge in [0.2, 0.25) is 0 Å². The van der Waals surface area contributed by atoms with Gasteiger partial charge in [-0.3, -0.25) is 14.4 Å². The second-order valence-electron chi connectivity index (χ2n) is 6.94. The molecule has 1 amide bonds. The van der Waals surface area contributed by atoms with Gasteiger partial charge in [-0.05, 0) is 5.53 Å².